The summed E-state index contributed by atoms with van der Waals surface area (Å²) >= 11 is 6.09. The normalized spacial score (nSPS) is 25.1. The first-order valence-corrected chi connectivity index (χ1v) is 9.15. The van der Waals surface area contributed by atoms with Crippen molar-refractivity contribution in [2.45, 2.75) is 57.4 Å². The van der Waals surface area contributed by atoms with Gasteiger partial charge in [-0.05, 0) is 50.1 Å². The van der Waals surface area contributed by atoms with E-state index in [9.17, 15) is 4.79 Å². The molecular formula is C16H24ClN5O2. The van der Waals surface area contributed by atoms with Crippen LogP contribution < -0.4 is 10.2 Å². The summed E-state index contributed by atoms with van der Waals surface area (Å²) in [4.78, 5) is 26.2. The molecule has 132 valence electrons. The van der Waals surface area contributed by atoms with Crippen LogP contribution in [0.15, 0.2) is 0 Å². The minimum absolute atomic E-state index is 0.191. The molecule has 2 aliphatic rings. The predicted molar refractivity (Wildman–Crippen MR) is 92.5 cm³/mol. The lowest BCUT2D eigenvalue weighted by atomic mass is 9.86. The van der Waals surface area contributed by atoms with Gasteiger partial charge in [0.1, 0.15) is 0 Å². The van der Waals surface area contributed by atoms with Crippen LogP contribution in [0.1, 0.15) is 51.4 Å². The van der Waals surface area contributed by atoms with Crippen LogP contribution >= 0.6 is 11.6 Å². The summed E-state index contributed by atoms with van der Waals surface area (Å²) in [6.45, 7) is 1.90. The number of aliphatic carboxylic acids is 1. The Morgan fingerprint density at radius 1 is 1.04 bits per heavy atom. The van der Waals surface area contributed by atoms with Crippen LogP contribution in [0.3, 0.4) is 0 Å². The van der Waals surface area contributed by atoms with Crippen LogP contribution in [0.2, 0.25) is 5.28 Å². The van der Waals surface area contributed by atoms with Crippen molar-refractivity contribution in [3.8, 4) is 0 Å². The summed E-state index contributed by atoms with van der Waals surface area (Å²) in [6.07, 6.45) is 7.76. The van der Waals surface area contributed by atoms with Crippen molar-refractivity contribution < 1.29 is 9.90 Å². The van der Waals surface area contributed by atoms with E-state index in [0.29, 0.717) is 24.7 Å². The van der Waals surface area contributed by atoms with E-state index >= 15 is 0 Å². The molecule has 0 spiro atoms. The standard InChI is InChI=1S/C16H24ClN5O2/c17-14-19-15(18-12-7-5-11(6-8-12)13(23)24)21-16(20-14)22-9-3-1-2-4-10-22/h11-12H,1-10H2,(H,23,24)(H,18,19,20,21). The van der Waals surface area contributed by atoms with Gasteiger partial charge in [0.25, 0.3) is 0 Å². The molecule has 1 saturated heterocycles. The fourth-order valence-corrected chi connectivity index (χ4v) is 3.64. The van der Waals surface area contributed by atoms with Gasteiger partial charge in [0.05, 0.1) is 5.92 Å². The third kappa shape index (κ3) is 4.47. The van der Waals surface area contributed by atoms with Gasteiger partial charge in [0.2, 0.25) is 17.2 Å². The zero-order valence-corrected chi connectivity index (χ0v) is 14.5. The molecule has 2 N–H and O–H groups in total. The Hall–Kier alpha value is -1.63. The van der Waals surface area contributed by atoms with Gasteiger partial charge in [0.15, 0.2) is 0 Å². The molecule has 0 bridgehead atoms. The second-order valence-electron chi connectivity index (χ2n) is 6.66. The van der Waals surface area contributed by atoms with Crippen molar-refractivity contribution in [3.63, 3.8) is 0 Å². The highest BCUT2D eigenvalue weighted by Crippen LogP contribution is 2.27. The number of anilines is 2. The van der Waals surface area contributed by atoms with E-state index in [1.807, 2.05) is 0 Å². The van der Waals surface area contributed by atoms with Gasteiger partial charge < -0.3 is 15.3 Å². The molecule has 2 fully saturated rings. The number of nitrogens with one attached hydrogen (secondary N) is 1. The minimum atomic E-state index is -0.694. The zero-order valence-electron chi connectivity index (χ0n) is 13.7. The number of carbonyl (C=O) groups is 1. The van der Waals surface area contributed by atoms with Crippen LogP contribution in [-0.2, 0) is 4.79 Å². The monoisotopic (exact) mass is 353 g/mol. The van der Waals surface area contributed by atoms with Crippen molar-refractivity contribution in [3.05, 3.63) is 5.28 Å². The number of rotatable bonds is 4. The first kappa shape index (κ1) is 17.2. The number of aromatic nitrogens is 3. The average molecular weight is 354 g/mol. The van der Waals surface area contributed by atoms with Crippen LogP contribution in [0.5, 0.6) is 0 Å². The van der Waals surface area contributed by atoms with Gasteiger partial charge >= 0.3 is 5.97 Å². The molecule has 1 aliphatic carbocycles. The first-order chi connectivity index (χ1) is 11.6. The maximum atomic E-state index is 11.0. The third-order valence-electron chi connectivity index (χ3n) is 4.89. The molecule has 0 atom stereocenters. The summed E-state index contributed by atoms with van der Waals surface area (Å²) in [5.41, 5.74) is 0. The summed E-state index contributed by atoms with van der Waals surface area (Å²) < 4.78 is 0. The number of carboxylic acids is 1. The molecule has 0 unspecified atom stereocenters. The Morgan fingerprint density at radius 2 is 1.71 bits per heavy atom. The van der Waals surface area contributed by atoms with E-state index in [1.54, 1.807) is 0 Å². The lowest BCUT2D eigenvalue weighted by Gasteiger charge is -2.27. The van der Waals surface area contributed by atoms with Crippen molar-refractivity contribution in [2.24, 2.45) is 5.92 Å². The van der Waals surface area contributed by atoms with Crippen LogP contribution in [0.25, 0.3) is 0 Å². The molecule has 8 heteroatoms. The van der Waals surface area contributed by atoms with Crippen LogP contribution in [0, 0.1) is 5.92 Å². The molecule has 1 aromatic heterocycles. The summed E-state index contributed by atoms with van der Waals surface area (Å²) in [5, 5.41) is 12.6. The van der Waals surface area contributed by atoms with E-state index in [2.05, 4.69) is 25.2 Å². The van der Waals surface area contributed by atoms with Gasteiger partial charge in [0, 0.05) is 19.1 Å². The SMILES string of the molecule is O=C(O)C1CCC(Nc2nc(Cl)nc(N3CCCCCC3)n2)CC1. The Labute approximate surface area is 146 Å². The highest BCUT2D eigenvalue weighted by Gasteiger charge is 2.26. The fourth-order valence-electron chi connectivity index (χ4n) is 3.48. The van der Waals surface area contributed by atoms with E-state index in [1.165, 1.54) is 12.8 Å². The van der Waals surface area contributed by atoms with E-state index in [-0.39, 0.29) is 17.2 Å². The first-order valence-electron chi connectivity index (χ1n) is 8.77. The van der Waals surface area contributed by atoms with Crippen molar-refractivity contribution in [1.82, 2.24) is 15.0 Å². The lowest BCUT2D eigenvalue weighted by molar-refractivity contribution is -0.142. The molecule has 0 amide bonds. The largest absolute Gasteiger partial charge is 0.481 e. The zero-order chi connectivity index (χ0) is 16.9. The van der Waals surface area contributed by atoms with Crippen LogP contribution in [-0.4, -0.2) is 45.2 Å². The van der Waals surface area contributed by atoms with Crippen molar-refractivity contribution in [1.29, 1.82) is 0 Å². The number of halogens is 1. The summed E-state index contributed by atoms with van der Waals surface area (Å²) in [7, 11) is 0. The lowest BCUT2D eigenvalue weighted by Crippen LogP contribution is -2.31. The van der Waals surface area contributed by atoms with E-state index in [4.69, 9.17) is 16.7 Å². The number of carboxylic acid groups (broad SMARTS) is 1. The predicted octanol–water partition coefficient (Wildman–Crippen LogP) is 2.96. The number of hydrogen-bond acceptors (Lipinski definition) is 6. The van der Waals surface area contributed by atoms with Gasteiger partial charge in [-0.2, -0.15) is 15.0 Å². The smallest absolute Gasteiger partial charge is 0.306 e. The Balaban J connectivity index is 1.64. The van der Waals surface area contributed by atoms with Gasteiger partial charge in [-0.15, -0.1) is 0 Å². The fraction of sp³-hybridized carbons (Fsp3) is 0.750. The molecule has 1 saturated carbocycles. The molecule has 0 aromatic carbocycles. The molecule has 3 rings (SSSR count). The second-order valence-corrected chi connectivity index (χ2v) is 7.00. The molecule has 7 nitrogen and oxygen atoms in total. The minimum Gasteiger partial charge on any atom is -0.481 e. The van der Waals surface area contributed by atoms with Crippen LogP contribution in [0.4, 0.5) is 11.9 Å². The summed E-state index contributed by atoms with van der Waals surface area (Å²) in [5.74, 6) is 0.212. The maximum Gasteiger partial charge on any atom is 0.306 e. The Kier molecular flexibility index (Phi) is 5.71. The Bertz CT molecular complexity index is 570. The molecule has 24 heavy (non-hydrogen) atoms. The highest BCUT2D eigenvalue weighted by atomic mass is 35.5. The second kappa shape index (κ2) is 7.96. The third-order valence-corrected chi connectivity index (χ3v) is 5.06. The number of nitrogens with zero attached hydrogens (tertiary/aromatic N) is 4. The average Bonchev–Trinajstić information content (AvgIpc) is 2.84. The van der Waals surface area contributed by atoms with E-state index < -0.39 is 5.97 Å². The molecule has 1 aromatic rings. The summed E-state index contributed by atoms with van der Waals surface area (Å²) in [6, 6.07) is 0.191. The van der Waals surface area contributed by atoms with Crippen molar-refractivity contribution in [2.75, 3.05) is 23.3 Å². The number of hydrogen-bond donors (Lipinski definition) is 2. The highest BCUT2D eigenvalue weighted by molar-refractivity contribution is 6.28. The van der Waals surface area contributed by atoms with Gasteiger partial charge in [-0.3, -0.25) is 4.79 Å². The van der Waals surface area contributed by atoms with Gasteiger partial charge in [-0.25, -0.2) is 0 Å². The molecule has 2 heterocycles. The molecule has 0 radical (unpaired) electrons. The molecular weight excluding hydrogens is 330 g/mol. The molecule has 1 aliphatic heterocycles. The Morgan fingerprint density at radius 3 is 2.33 bits per heavy atom. The quantitative estimate of drug-likeness (QED) is 0.859. The van der Waals surface area contributed by atoms with Gasteiger partial charge in [-0.1, -0.05) is 12.8 Å². The van der Waals surface area contributed by atoms with Crippen molar-refractivity contribution >= 4 is 29.5 Å². The topological polar surface area (TPSA) is 91.2 Å². The maximum absolute atomic E-state index is 11.0. The van der Waals surface area contributed by atoms with E-state index in [0.717, 1.165) is 38.8 Å².